The summed E-state index contributed by atoms with van der Waals surface area (Å²) >= 11 is 0. The average Bonchev–Trinajstić information content (AvgIpc) is 2.34. The van der Waals surface area contributed by atoms with Gasteiger partial charge in [-0.1, -0.05) is 12.1 Å². The van der Waals surface area contributed by atoms with E-state index >= 15 is 0 Å². The fourth-order valence-electron chi connectivity index (χ4n) is 2.51. The van der Waals surface area contributed by atoms with Gasteiger partial charge in [-0.3, -0.25) is 4.79 Å². The van der Waals surface area contributed by atoms with Crippen molar-refractivity contribution in [3.05, 3.63) is 24.3 Å². The number of carbonyl (C=O) groups excluding carboxylic acids is 1. The lowest BCUT2D eigenvalue weighted by atomic mass is 9.88. The first-order valence-corrected chi connectivity index (χ1v) is 6.60. The molecule has 1 aliphatic rings. The lowest BCUT2D eigenvalue weighted by molar-refractivity contribution is -0.124. The molecule has 0 radical (unpaired) electrons. The van der Waals surface area contributed by atoms with E-state index in [9.17, 15) is 4.79 Å². The van der Waals surface area contributed by atoms with Gasteiger partial charge in [0.1, 0.15) is 5.75 Å². The second-order valence-electron chi connectivity index (χ2n) is 5.14. The quantitative estimate of drug-likeness (QED) is 0.822. The van der Waals surface area contributed by atoms with Crippen molar-refractivity contribution >= 4 is 11.5 Å². The Hall–Kier alpha value is -1.51. The van der Waals surface area contributed by atoms with Crippen LogP contribution in [-0.2, 0) is 4.79 Å². The second-order valence-corrected chi connectivity index (χ2v) is 5.14. The van der Waals surface area contributed by atoms with Crippen LogP contribution in [0, 0.1) is 0 Å². The maximum Gasteiger partial charge on any atom is 0.157 e. The molecule has 18 heavy (non-hydrogen) atoms. The fourth-order valence-corrected chi connectivity index (χ4v) is 2.51. The molecule has 98 valence electrons. The first kappa shape index (κ1) is 12.9. The summed E-state index contributed by atoms with van der Waals surface area (Å²) < 4.78 is 5.67. The van der Waals surface area contributed by atoms with Gasteiger partial charge in [0.2, 0.25) is 0 Å². The number of ether oxygens (including phenoxy) is 1. The smallest absolute Gasteiger partial charge is 0.157 e. The first-order chi connectivity index (χ1) is 8.57. The van der Waals surface area contributed by atoms with Crippen LogP contribution in [0.3, 0.4) is 0 Å². The van der Waals surface area contributed by atoms with Crippen LogP contribution >= 0.6 is 0 Å². The van der Waals surface area contributed by atoms with Crippen molar-refractivity contribution in [2.45, 2.75) is 39.2 Å². The zero-order valence-corrected chi connectivity index (χ0v) is 11.4. The van der Waals surface area contributed by atoms with Crippen LogP contribution < -0.4 is 9.64 Å². The standard InChI is InChI=1S/C15H21NO2/c1-4-18-13-9-6-5-8-12(13)16-11-7-10-14(17)15(16,2)3/h5-6,8-9H,4,7,10-11H2,1-3H3. The van der Waals surface area contributed by atoms with Gasteiger partial charge in [0.25, 0.3) is 0 Å². The number of hydrogen-bond donors (Lipinski definition) is 0. The highest BCUT2D eigenvalue weighted by Crippen LogP contribution is 2.36. The number of piperidine rings is 1. The van der Waals surface area contributed by atoms with Gasteiger partial charge >= 0.3 is 0 Å². The molecule has 0 atom stereocenters. The predicted octanol–water partition coefficient (Wildman–Crippen LogP) is 3.03. The summed E-state index contributed by atoms with van der Waals surface area (Å²) in [6.45, 7) is 7.51. The molecule has 0 bridgehead atoms. The van der Waals surface area contributed by atoms with Gasteiger partial charge in [0, 0.05) is 13.0 Å². The second kappa shape index (κ2) is 5.01. The molecule has 3 heteroatoms. The van der Waals surface area contributed by atoms with Crippen LogP contribution in [0.4, 0.5) is 5.69 Å². The molecule has 1 aliphatic heterocycles. The van der Waals surface area contributed by atoms with E-state index < -0.39 is 5.54 Å². The van der Waals surface area contributed by atoms with Gasteiger partial charge < -0.3 is 9.64 Å². The van der Waals surface area contributed by atoms with Gasteiger partial charge in [-0.25, -0.2) is 0 Å². The molecule has 1 aromatic rings. The molecule has 1 saturated heterocycles. The Kier molecular flexibility index (Phi) is 3.60. The van der Waals surface area contributed by atoms with Gasteiger partial charge in [0.05, 0.1) is 17.8 Å². The van der Waals surface area contributed by atoms with Gasteiger partial charge in [0.15, 0.2) is 5.78 Å². The monoisotopic (exact) mass is 247 g/mol. The Balaban J connectivity index is 2.38. The molecule has 0 saturated carbocycles. The molecule has 0 aliphatic carbocycles. The molecule has 1 aromatic carbocycles. The molecular weight excluding hydrogens is 226 g/mol. The summed E-state index contributed by atoms with van der Waals surface area (Å²) in [6, 6.07) is 7.96. The van der Waals surface area contributed by atoms with Crippen molar-refractivity contribution < 1.29 is 9.53 Å². The molecule has 2 rings (SSSR count). The summed E-state index contributed by atoms with van der Waals surface area (Å²) in [7, 11) is 0. The van der Waals surface area contributed by atoms with Crippen LogP contribution in [0.15, 0.2) is 24.3 Å². The summed E-state index contributed by atoms with van der Waals surface area (Å²) in [4.78, 5) is 14.3. The van der Waals surface area contributed by atoms with Crippen molar-refractivity contribution in [3.8, 4) is 5.75 Å². The largest absolute Gasteiger partial charge is 0.492 e. The van der Waals surface area contributed by atoms with E-state index in [-0.39, 0.29) is 0 Å². The highest BCUT2D eigenvalue weighted by atomic mass is 16.5. The summed E-state index contributed by atoms with van der Waals surface area (Å²) in [5.41, 5.74) is 0.586. The van der Waals surface area contributed by atoms with Gasteiger partial charge in [-0.05, 0) is 39.3 Å². The normalized spacial score (nSPS) is 18.8. The predicted molar refractivity (Wildman–Crippen MR) is 73.3 cm³/mol. The molecule has 0 unspecified atom stereocenters. The molecular formula is C15H21NO2. The summed E-state index contributed by atoms with van der Waals surface area (Å²) in [6.07, 6.45) is 1.60. The van der Waals surface area contributed by atoms with E-state index in [2.05, 4.69) is 4.90 Å². The number of benzene rings is 1. The minimum absolute atomic E-state index is 0.306. The minimum atomic E-state index is -0.439. The highest BCUT2D eigenvalue weighted by Gasteiger charge is 2.38. The molecule has 1 fully saturated rings. The van der Waals surface area contributed by atoms with Crippen LogP contribution in [-0.4, -0.2) is 24.5 Å². The number of rotatable bonds is 3. The number of anilines is 1. The number of ketones is 1. The molecule has 3 nitrogen and oxygen atoms in total. The van der Waals surface area contributed by atoms with Crippen molar-refractivity contribution in [2.75, 3.05) is 18.1 Å². The third kappa shape index (κ3) is 2.22. The van der Waals surface area contributed by atoms with E-state index in [1.54, 1.807) is 0 Å². The van der Waals surface area contributed by atoms with Gasteiger partial charge in [-0.2, -0.15) is 0 Å². The van der Waals surface area contributed by atoms with E-state index in [1.165, 1.54) is 0 Å². The Bertz CT molecular complexity index is 440. The maximum absolute atomic E-state index is 12.1. The molecule has 0 amide bonds. The molecule has 0 N–H and O–H groups in total. The average molecular weight is 247 g/mol. The van der Waals surface area contributed by atoms with E-state index in [0.717, 1.165) is 24.4 Å². The van der Waals surface area contributed by atoms with Crippen LogP contribution in [0.2, 0.25) is 0 Å². The summed E-state index contributed by atoms with van der Waals surface area (Å²) in [5, 5.41) is 0. The van der Waals surface area contributed by atoms with E-state index in [1.807, 2.05) is 45.0 Å². The summed E-state index contributed by atoms with van der Waals surface area (Å²) in [5.74, 6) is 1.17. The first-order valence-electron chi connectivity index (χ1n) is 6.60. The Morgan fingerprint density at radius 2 is 2.06 bits per heavy atom. The third-order valence-electron chi connectivity index (χ3n) is 3.60. The lowest BCUT2D eigenvalue weighted by Crippen LogP contribution is -2.54. The third-order valence-corrected chi connectivity index (χ3v) is 3.60. The van der Waals surface area contributed by atoms with Gasteiger partial charge in [-0.15, -0.1) is 0 Å². The van der Waals surface area contributed by atoms with Crippen LogP contribution in [0.25, 0.3) is 0 Å². The maximum atomic E-state index is 12.1. The molecule has 0 aromatic heterocycles. The minimum Gasteiger partial charge on any atom is -0.492 e. The number of hydrogen-bond acceptors (Lipinski definition) is 3. The topological polar surface area (TPSA) is 29.5 Å². The van der Waals surface area contributed by atoms with Crippen molar-refractivity contribution in [1.29, 1.82) is 0 Å². The molecule has 0 spiro atoms. The lowest BCUT2D eigenvalue weighted by Gasteiger charge is -2.43. The Labute approximate surface area is 109 Å². The van der Waals surface area contributed by atoms with Crippen molar-refractivity contribution in [1.82, 2.24) is 0 Å². The van der Waals surface area contributed by atoms with E-state index in [0.29, 0.717) is 18.8 Å². The van der Waals surface area contributed by atoms with Crippen molar-refractivity contribution in [3.63, 3.8) is 0 Å². The number of Topliss-reactive ketones (excluding diaryl/α,β-unsaturated/α-hetero) is 1. The number of para-hydroxylation sites is 2. The van der Waals surface area contributed by atoms with Crippen molar-refractivity contribution in [2.24, 2.45) is 0 Å². The van der Waals surface area contributed by atoms with E-state index in [4.69, 9.17) is 4.74 Å². The number of nitrogens with zero attached hydrogens (tertiary/aromatic N) is 1. The zero-order valence-electron chi connectivity index (χ0n) is 11.4. The van der Waals surface area contributed by atoms with Crippen LogP contribution in [0.5, 0.6) is 5.75 Å². The highest BCUT2D eigenvalue weighted by molar-refractivity contribution is 5.92. The fraction of sp³-hybridized carbons (Fsp3) is 0.533. The number of carbonyl (C=O) groups is 1. The molecule has 1 heterocycles. The SMILES string of the molecule is CCOc1ccccc1N1CCCC(=O)C1(C)C. The zero-order chi connectivity index (χ0) is 13.2. The van der Waals surface area contributed by atoms with Crippen LogP contribution in [0.1, 0.15) is 33.6 Å². The Morgan fingerprint density at radius 3 is 2.78 bits per heavy atom. The Morgan fingerprint density at radius 1 is 1.33 bits per heavy atom.